The van der Waals surface area contributed by atoms with Crippen LogP contribution in [0.2, 0.25) is 0 Å². The summed E-state index contributed by atoms with van der Waals surface area (Å²) >= 11 is 0. The van der Waals surface area contributed by atoms with Gasteiger partial charge in [0.25, 0.3) is 7.82 Å². The summed E-state index contributed by atoms with van der Waals surface area (Å²) in [5.41, 5.74) is 0. The number of aliphatic hydroxyl groups is 1. The molecule has 2 N–H and O–H groups in total. The molecule has 0 aliphatic rings. The molecule has 0 radical (unpaired) electrons. The van der Waals surface area contributed by atoms with E-state index in [4.69, 9.17) is 9.05 Å². The maximum Gasteiger partial charge on any atom is 0.268 e. The smallest absolute Gasteiger partial charge is 0.268 e. The SMILES string of the molecule is CCCCCCCCCCCCCCCCC(=O)NC(COP(=O)([O-])OCC[N+](C)(C)C)C(O)CCCCCCCCCCCCCC. The quantitative estimate of drug-likeness (QED) is 0.0379. The third kappa shape index (κ3) is 34.0. The van der Waals surface area contributed by atoms with Gasteiger partial charge in [0.1, 0.15) is 13.2 Å². The Morgan fingerprint density at radius 3 is 1.42 bits per heavy atom. The van der Waals surface area contributed by atoms with Crippen molar-refractivity contribution in [2.24, 2.45) is 0 Å². The van der Waals surface area contributed by atoms with Crippen molar-refractivity contribution in [3.63, 3.8) is 0 Å². The molecular weight excluding hydrogens is 623 g/mol. The number of amides is 1. The van der Waals surface area contributed by atoms with E-state index in [9.17, 15) is 19.4 Å². The van der Waals surface area contributed by atoms with Crippen molar-refractivity contribution in [1.82, 2.24) is 5.32 Å². The Balaban J connectivity index is 4.40. The monoisotopic (exact) mass is 705 g/mol. The fraction of sp³-hybridized carbons (Fsp3) is 0.974. The van der Waals surface area contributed by atoms with E-state index in [0.29, 0.717) is 23.9 Å². The van der Waals surface area contributed by atoms with Crippen LogP contribution in [0, 0.1) is 0 Å². The lowest BCUT2D eigenvalue weighted by molar-refractivity contribution is -0.870. The maximum atomic E-state index is 12.8. The normalized spacial score (nSPS) is 14.6. The van der Waals surface area contributed by atoms with Crippen LogP contribution in [0.25, 0.3) is 0 Å². The van der Waals surface area contributed by atoms with E-state index in [1.54, 1.807) is 0 Å². The van der Waals surface area contributed by atoms with Crippen molar-refractivity contribution in [3.8, 4) is 0 Å². The summed E-state index contributed by atoms with van der Waals surface area (Å²) in [6.07, 6.45) is 32.3. The van der Waals surface area contributed by atoms with Gasteiger partial charge in [-0.1, -0.05) is 174 Å². The first-order chi connectivity index (χ1) is 23.0. The molecule has 0 aromatic carbocycles. The minimum Gasteiger partial charge on any atom is -0.756 e. The highest BCUT2D eigenvalue weighted by molar-refractivity contribution is 7.45. The second-order valence-corrected chi connectivity index (χ2v) is 16.8. The van der Waals surface area contributed by atoms with Gasteiger partial charge in [-0.25, -0.2) is 0 Å². The minimum atomic E-state index is -4.55. The molecule has 0 bridgehead atoms. The highest BCUT2D eigenvalue weighted by Crippen LogP contribution is 2.38. The van der Waals surface area contributed by atoms with Gasteiger partial charge in [0.15, 0.2) is 0 Å². The van der Waals surface area contributed by atoms with Crippen LogP contribution < -0.4 is 10.2 Å². The van der Waals surface area contributed by atoms with Crippen molar-refractivity contribution in [3.05, 3.63) is 0 Å². The number of hydrogen-bond donors (Lipinski definition) is 2. The average molecular weight is 705 g/mol. The summed E-state index contributed by atoms with van der Waals surface area (Å²) in [4.78, 5) is 25.2. The third-order valence-electron chi connectivity index (χ3n) is 9.35. The van der Waals surface area contributed by atoms with E-state index in [0.717, 1.165) is 38.5 Å². The van der Waals surface area contributed by atoms with Crippen molar-refractivity contribution < 1.29 is 32.9 Å². The van der Waals surface area contributed by atoms with E-state index in [2.05, 4.69) is 19.2 Å². The second kappa shape index (κ2) is 32.4. The van der Waals surface area contributed by atoms with Gasteiger partial charge in [-0.15, -0.1) is 0 Å². The molecule has 0 fully saturated rings. The molecule has 288 valence electrons. The predicted molar refractivity (Wildman–Crippen MR) is 201 cm³/mol. The van der Waals surface area contributed by atoms with Gasteiger partial charge in [0, 0.05) is 6.42 Å². The van der Waals surface area contributed by atoms with Crippen LogP contribution in [0.5, 0.6) is 0 Å². The first kappa shape index (κ1) is 47.5. The van der Waals surface area contributed by atoms with Gasteiger partial charge >= 0.3 is 0 Å². The summed E-state index contributed by atoms with van der Waals surface area (Å²) in [6, 6.07) is -0.791. The fourth-order valence-electron chi connectivity index (χ4n) is 6.04. The number of phosphoric ester groups is 1. The van der Waals surface area contributed by atoms with Crippen molar-refractivity contribution in [1.29, 1.82) is 0 Å². The summed E-state index contributed by atoms with van der Waals surface area (Å²) in [5, 5.41) is 13.8. The zero-order chi connectivity index (χ0) is 35.8. The third-order valence-corrected chi connectivity index (χ3v) is 10.3. The molecule has 0 aromatic rings. The zero-order valence-corrected chi connectivity index (χ0v) is 33.4. The Morgan fingerprint density at radius 2 is 1.02 bits per heavy atom. The maximum absolute atomic E-state index is 12.8. The number of nitrogens with zero attached hydrogens (tertiary/aromatic N) is 1. The van der Waals surface area contributed by atoms with E-state index in [1.165, 1.54) is 128 Å². The van der Waals surface area contributed by atoms with Crippen LogP contribution in [0.1, 0.15) is 194 Å². The molecule has 3 atom stereocenters. The number of carbonyl (C=O) groups excluding carboxylic acids is 1. The molecule has 48 heavy (non-hydrogen) atoms. The molecule has 0 heterocycles. The largest absolute Gasteiger partial charge is 0.756 e. The van der Waals surface area contributed by atoms with Gasteiger partial charge < -0.3 is 28.8 Å². The van der Waals surface area contributed by atoms with Crippen LogP contribution in [0.15, 0.2) is 0 Å². The Bertz CT molecular complexity index is 763. The standard InChI is InChI=1S/C39H81N2O6P/c1-6-8-10-12-14-16-18-20-21-23-25-27-29-31-33-39(43)40-37(36-47-48(44,45)46-35-34-41(3,4)5)38(42)32-30-28-26-24-22-19-17-15-13-11-9-7-2/h37-38,42H,6-36H2,1-5H3,(H-,40,43,44,45). The van der Waals surface area contributed by atoms with Gasteiger partial charge in [-0.3, -0.25) is 9.36 Å². The molecule has 0 rings (SSSR count). The zero-order valence-electron chi connectivity index (χ0n) is 32.5. The number of carbonyl (C=O) groups is 1. The van der Waals surface area contributed by atoms with Crippen molar-refractivity contribution in [2.45, 2.75) is 206 Å². The van der Waals surface area contributed by atoms with Gasteiger partial charge in [-0.2, -0.15) is 0 Å². The Kier molecular flexibility index (Phi) is 32.1. The van der Waals surface area contributed by atoms with Crippen molar-refractivity contribution in [2.75, 3.05) is 40.9 Å². The molecule has 0 aliphatic carbocycles. The number of rotatable bonds is 37. The number of quaternary nitrogens is 1. The number of aliphatic hydroxyl groups excluding tert-OH is 1. The number of hydrogen-bond acceptors (Lipinski definition) is 6. The predicted octanol–water partition coefficient (Wildman–Crippen LogP) is 10.0. The molecule has 0 aliphatic heterocycles. The Labute approximate surface area is 298 Å². The van der Waals surface area contributed by atoms with E-state index in [1.807, 2.05) is 21.1 Å². The fourth-order valence-corrected chi connectivity index (χ4v) is 6.76. The molecule has 3 unspecified atom stereocenters. The molecule has 8 nitrogen and oxygen atoms in total. The van der Waals surface area contributed by atoms with Crippen molar-refractivity contribution >= 4 is 13.7 Å². The topological polar surface area (TPSA) is 108 Å². The highest BCUT2D eigenvalue weighted by Gasteiger charge is 2.24. The van der Waals surface area contributed by atoms with Crippen LogP contribution in [-0.4, -0.2) is 68.5 Å². The Morgan fingerprint density at radius 1 is 0.646 bits per heavy atom. The Hall–Kier alpha value is -0.500. The number of likely N-dealkylation sites (N-methyl/N-ethyl adjacent to an activating group) is 1. The summed E-state index contributed by atoms with van der Waals surface area (Å²) in [5.74, 6) is -0.164. The molecule has 9 heteroatoms. The summed E-state index contributed by atoms with van der Waals surface area (Å²) in [7, 11) is 1.31. The van der Waals surface area contributed by atoms with Gasteiger partial charge in [0.2, 0.25) is 5.91 Å². The first-order valence-electron chi connectivity index (χ1n) is 20.4. The van der Waals surface area contributed by atoms with Crippen LogP contribution >= 0.6 is 7.82 Å². The molecule has 0 saturated heterocycles. The summed E-state index contributed by atoms with van der Waals surface area (Å²) in [6.45, 7) is 4.71. The lowest BCUT2D eigenvalue weighted by Crippen LogP contribution is -2.46. The first-order valence-corrected chi connectivity index (χ1v) is 21.8. The number of phosphoric acid groups is 1. The highest BCUT2D eigenvalue weighted by atomic mass is 31.2. The minimum absolute atomic E-state index is 0.0157. The number of nitrogens with one attached hydrogen (secondary N) is 1. The van der Waals surface area contributed by atoms with Gasteiger partial charge in [0.05, 0.1) is 39.9 Å². The van der Waals surface area contributed by atoms with E-state index >= 15 is 0 Å². The van der Waals surface area contributed by atoms with Crippen LogP contribution in [-0.2, 0) is 18.4 Å². The summed E-state index contributed by atoms with van der Waals surface area (Å²) < 4.78 is 23.2. The van der Waals surface area contributed by atoms with Gasteiger partial charge in [-0.05, 0) is 12.8 Å². The van der Waals surface area contributed by atoms with Crippen LogP contribution in [0.4, 0.5) is 0 Å². The lowest BCUT2D eigenvalue weighted by Gasteiger charge is -2.30. The molecule has 1 amide bonds. The second-order valence-electron chi connectivity index (χ2n) is 15.4. The molecule has 0 spiro atoms. The molecule has 0 aromatic heterocycles. The number of unbranched alkanes of at least 4 members (excludes halogenated alkanes) is 24. The van der Waals surface area contributed by atoms with E-state index < -0.39 is 20.0 Å². The lowest BCUT2D eigenvalue weighted by atomic mass is 10.0. The van der Waals surface area contributed by atoms with E-state index in [-0.39, 0.29) is 19.1 Å². The molecule has 0 saturated carbocycles. The molecular formula is C39H81N2O6P. The van der Waals surface area contributed by atoms with Crippen LogP contribution in [0.3, 0.4) is 0 Å². The average Bonchev–Trinajstić information content (AvgIpc) is 3.02.